The summed E-state index contributed by atoms with van der Waals surface area (Å²) in [6.07, 6.45) is 0. The quantitative estimate of drug-likeness (QED) is 0.809. The van der Waals surface area contributed by atoms with E-state index >= 15 is 0 Å². The van der Waals surface area contributed by atoms with Gasteiger partial charge >= 0.3 is 0 Å². The lowest BCUT2D eigenvalue weighted by Crippen LogP contribution is -2.42. The Labute approximate surface area is 128 Å². The van der Waals surface area contributed by atoms with Crippen molar-refractivity contribution in [2.75, 3.05) is 13.1 Å². The number of carbonyl (C=O) groups is 2. The molecule has 110 valence electrons. The Hall–Kier alpha value is -1.36. The third-order valence-electron chi connectivity index (χ3n) is 2.81. The number of nitrogens with zero attached hydrogens (tertiary/aromatic N) is 1. The first kappa shape index (κ1) is 16.7. The van der Waals surface area contributed by atoms with Gasteiger partial charge in [0.2, 0.25) is 5.91 Å². The highest BCUT2D eigenvalue weighted by molar-refractivity contribution is 9.08. The predicted molar refractivity (Wildman–Crippen MR) is 83.9 cm³/mol. The molecule has 0 heterocycles. The molecule has 0 bridgehead atoms. The molecule has 0 fully saturated rings. The first-order valence-electron chi connectivity index (χ1n) is 6.71. The summed E-state index contributed by atoms with van der Waals surface area (Å²) in [7, 11) is 0. The Bertz CT molecular complexity index is 457. The van der Waals surface area contributed by atoms with E-state index in [1.807, 2.05) is 32.9 Å². The lowest BCUT2D eigenvalue weighted by molar-refractivity contribution is -0.122. The van der Waals surface area contributed by atoms with Gasteiger partial charge in [-0.05, 0) is 38.5 Å². The van der Waals surface area contributed by atoms with Gasteiger partial charge in [-0.3, -0.25) is 9.59 Å². The van der Waals surface area contributed by atoms with Gasteiger partial charge in [0.1, 0.15) is 0 Å². The molecule has 0 saturated carbocycles. The maximum Gasteiger partial charge on any atom is 0.254 e. The minimum Gasteiger partial charge on any atom is -0.352 e. The van der Waals surface area contributed by atoms with Crippen molar-refractivity contribution in [2.24, 2.45) is 0 Å². The molecule has 0 aromatic heterocycles. The van der Waals surface area contributed by atoms with Crippen molar-refractivity contribution < 1.29 is 9.59 Å². The fraction of sp³-hybridized carbons (Fsp3) is 0.467. The number of hydrogen-bond donors (Lipinski definition) is 1. The number of amides is 2. The maximum atomic E-state index is 12.3. The molecule has 2 amide bonds. The summed E-state index contributed by atoms with van der Waals surface area (Å²) in [5.74, 6) is -0.250. The summed E-state index contributed by atoms with van der Waals surface area (Å²) < 4.78 is 0. The molecule has 1 aromatic rings. The molecule has 0 radical (unpaired) electrons. The zero-order valence-electron chi connectivity index (χ0n) is 12.1. The van der Waals surface area contributed by atoms with Gasteiger partial charge in [-0.25, -0.2) is 0 Å². The molecule has 20 heavy (non-hydrogen) atoms. The van der Waals surface area contributed by atoms with Crippen LogP contribution in [-0.2, 0) is 10.1 Å². The monoisotopic (exact) mass is 340 g/mol. The van der Waals surface area contributed by atoms with Crippen LogP contribution >= 0.6 is 15.9 Å². The van der Waals surface area contributed by atoms with Crippen molar-refractivity contribution >= 4 is 27.7 Å². The molecule has 0 saturated heterocycles. The van der Waals surface area contributed by atoms with E-state index in [2.05, 4.69) is 21.2 Å². The van der Waals surface area contributed by atoms with Gasteiger partial charge in [0, 0.05) is 23.5 Å². The predicted octanol–water partition coefficient (Wildman–Crippen LogP) is 2.57. The molecule has 0 aliphatic heterocycles. The van der Waals surface area contributed by atoms with Crippen LogP contribution < -0.4 is 5.32 Å². The summed E-state index contributed by atoms with van der Waals surface area (Å²) in [5.41, 5.74) is 1.72. The second kappa shape index (κ2) is 8.04. The van der Waals surface area contributed by atoms with Crippen LogP contribution in [0.5, 0.6) is 0 Å². The van der Waals surface area contributed by atoms with Crippen molar-refractivity contribution in [2.45, 2.75) is 32.1 Å². The van der Waals surface area contributed by atoms with Crippen molar-refractivity contribution in [3.8, 4) is 0 Å². The molecule has 0 atom stereocenters. The van der Waals surface area contributed by atoms with Gasteiger partial charge in [0.05, 0.1) is 6.54 Å². The van der Waals surface area contributed by atoms with Crippen LogP contribution in [0, 0.1) is 0 Å². The van der Waals surface area contributed by atoms with Gasteiger partial charge in [0.25, 0.3) is 5.91 Å². The number of halogens is 1. The molecule has 0 aliphatic carbocycles. The Balaban J connectivity index is 2.72. The SMILES string of the molecule is CCN(CC(=O)NC(C)C)C(=O)c1ccc(CBr)cc1. The zero-order valence-corrected chi connectivity index (χ0v) is 13.7. The number of likely N-dealkylation sites (N-methyl/N-ethyl adjacent to an activating group) is 1. The van der Waals surface area contributed by atoms with E-state index < -0.39 is 0 Å². The molecule has 0 unspecified atom stereocenters. The van der Waals surface area contributed by atoms with Gasteiger partial charge < -0.3 is 10.2 Å². The van der Waals surface area contributed by atoms with Crippen LogP contribution in [0.25, 0.3) is 0 Å². The first-order chi connectivity index (χ1) is 9.47. The van der Waals surface area contributed by atoms with Gasteiger partial charge in [-0.1, -0.05) is 28.1 Å². The van der Waals surface area contributed by atoms with Crippen molar-refractivity contribution in [3.05, 3.63) is 35.4 Å². The number of benzene rings is 1. The highest BCUT2D eigenvalue weighted by Crippen LogP contribution is 2.10. The Kier molecular flexibility index (Phi) is 6.71. The van der Waals surface area contributed by atoms with E-state index in [4.69, 9.17) is 0 Å². The smallest absolute Gasteiger partial charge is 0.254 e. The Morgan fingerprint density at radius 3 is 2.30 bits per heavy atom. The summed E-state index contributed by atoms with van der Waals surface area (Å²) in [6, 6.07) is 7.48. The minimum atomic E-state index is -0.132. The van der Waals surface area contributed by atoms with Gasteiger partial charge in [-0.15, -0.1) is 0 Å². The lowest BCUT2D eigenvalue weighted by Gasteiger charge is -2.21. The number of alkyl halides is 1. The summed E-state index contributed by atoms with van der Waals surface area (Å²) in [6.45, 7) is 6.26. The van der Waals surface area contributed by atoms with Crippen LogP contribution in [0.1, 0.15) is 36.7 Å². The largest absolute Gasteiger partial charge is 0.352 e. The maximum absolute atomic E-state index is 12.3. The third kappa shape index (κ3) is 4.96. The minimum absolute atomic E-state index is 0.0783. The summed E-state index contributed by atoms with van der Waals surface area (Å²) in [5, 5.41) is 3.55. The highest BCUT2D eigenvalue weighted by atomic mass is 79.9. The molecular formula is C15H21BrN2O2. The first-order valence-corrected chi connectivity index (χ1v) is 7.83. The van der Waals surface area contributed by atoms with E-state index in [1.54, 1.807) is 17.0 Å². The van der Waals surface area contributed by atoms with Crippen LogP contribution in [-0.4, -0.2) is 35.8 Å². The molecule has 1 aromatic carbocycles. The zero-order chi connectivity index (χ0) is 15.1. The van der Waals surface area contributed by atoms with Gasteiger partial charge in [0.15, 0.2) is 0 Å². The number of carbonyl (C=O) groups excluding carboxylic acids is 2. The van der Waals surface area contributed by atoms with Crippen molar-refractivity contribution in [1.29, 1.82) is 0 Å². The van der Waals surface area contributed by atoms with Crippen LogP contribution in [0.4, 0.5) is 0 Å². The normalized spacial score (nSPS) is 10.4. The molecule has 4 nitrogen and oxygen atoms in total. The van der Waals surface area contributed by atoms with Crippen LogP contribution in [0.2, 0.25) is 0 Å². The van der Waals surface area contributed by atoms with Crippen molar-refractivity contribution in [3.63, 3.8) is 0 Å². The molecule has 1 rings (SSSR count). The molecule has 0 aliphatic rings. The summed E-state index contributed by atoms with van der Waals surface area (Å²) >= 11 is 3.37. The lowest BCUT2D eigenvalue weighted by atomic mass is 10.1. The molecule has 0 spiro atoms. The fourth-order valence-corrected chi connectivity index (χ4v) is 2.16. The number of rotatable bonds is 6. The van der Waals surface area contributed by atoms with E-state index in [1.165, 1.54) is 0 Å². The standard InChI is InChI=1S/C15H21BrN2O2/c1-4-18(10-14(19)17-11(2)3)15(20)13-7-5-12(9-16)6-8-13/h5-8,11H,4,9-10H2,1-3H3,(H,17,19). The third-order valence-corrected chi connectivity index (χ3v) is 3.46. The van der Waals surface area contributed by atoms with Crippen LogP contribution in [0.15, 0.2) is 24.3 Å². The second-order valence-corrected chi connectivity index (χ2v) is 5.43. The van der Waals surface area contributed by atoms with E-state index in [0.717, 1.165) is 10.9 Å². The van der Waals surface area contributed by atoms with Crippen molar-refractivity contribution in [1.82, 2.24) is 10.2 Å². The van der Waals surface area contributed by atoms with E-state index in [-0.39, 0.29) is 24.4 Å². The fourth-order valence-electron chi connectivity index (χ4n) is 1.79. The number of hydrogen-bond acceptors (Lipinski definition) is 2. The summed E-state index contributed by atoms with van der Waals surface area (Å²) in [4.78, 5) is 25.6. The molecule has 1 N–H and O–H groups in total. The second-order valence-electron chi connectivity index (χ2n) is 4.87. The Morgan fingerprint density at radius 1 is 1.25 bits per heavy atom. The van der Waals surface area contributed by atoms with E-state index in [0.29, 0.717) is 12.1 Å². The van der Waals surface area contributed by atoms with Crippen LogP contribution in [0.3, 0.4) is 0 Å². The average molecular weight is 341 g/mol. The molecular weight excluding hydrogens is 320 g/mol. The number of nitrogens with one attached hydrogen (secondary N) is 1. The Morgan fingerprint density at radius 2 is 1.85 bits per heavy atom. The molecule has 5 heteroatoms. The average Bonchev–Trinajstić information content (AvgIpc) is 2.43. The highest BCUT2D eigenvalue weighted by Gasteiger charge is 2.17. The van der Waals surface area contributed by atoms with Gasteiger partial charge in [-0.2, -0.15) is 0 Å². The van der Waals surface area contributed by atoms with E-state index in [9.17, 15) is 9.59 Å². The topological polar surface area (TPSA) is 49.4 Å².